The van der Waals surface area contributed by atoms with E-state index >= 15 is 0 Å². The number of rotatable bonds is 7. The first-order valence-electron chi connectivity index (χ1n) is 7.32. The summed E-state index contributed by atoms with van der Waals surface area (Å²) in [6.07, 6.45) is 1.74. The van der Waals surface area contributed by atoms with Crippen LogP contribution in [0.15, 0.2) is 48.5 Å². The van der Waals surface area contributed by atoms with Crippen molar-refractivity contribution in [3.8, 4) is 5.75 Å². The van der Waals surface area contributed by atoms with Gasteiger partial charge in [0.25, 0.3) is 0 Å². The first-order chi connectivity index (χ1) is 10.7. The fourth-order valence-corrected chi connectivity index (χ4v) is 2.24. The molecule has 0 saturated heterocycles. The molecule has 0 atom stereocenters. The molecular weight excluding hydrogens is 281 g/mol. The topological polar surface area (TPSA) is 38.3 Å². The number of carbonyl (C=O) groups is 1. The van der Waals surface area contributed by atoms with E-state index in [1.807, 2.05) is 24.3 Å². The maximum absolute atomic E-state index is 12.8. The third kappa shape index (κ3) is 4.88. The summed E-state index contributed by atoms with van der Waals surface area (Å²) in [7, 11) is 1.64. The second-order valence-electron chi connectivity index (χ2n) is 5.04. The minimum Gasteiger partial charge on any atom is -0.496 e. The molecule has 2 aromatic rings. The van der Waals surface area contributed by atoms with Gasteiger partial charge >= 0.3 is 0 Å². The fourth-order valence-electron chi connectivity index (χ4n) is 2.24. The average Bonchev–Trinajstić information content (AvgIpc) is 2.55. The second kappa shape index (κ2) is 8.17. The van der Waals surface area contributed by atoms with Gasteiger partial charge in [0.05, 0.1) is 7.11 Å². The van der Waals surface area contributed by atoms with Crippen LogP contribution in [0.2, 0.25) is 0 Å². The van der Waals surface area contributed by atoms with E-state index in [9.17, 15) is 9.18 Å². The Balaban J connectivity index is 1.72. The molecule has 3 nitrogen and oxygen atoms in total. The van der Waals surface area contributed by atoms with Crippen LogP contribution in [0.4, 0.5) is 4.39 Å². The van der Waals surface area contributed by atoms with Crippen LogP contribution in [-0.2, 0) is 17.6 Å². The maximum atomic E-state index is 12.8. The lowest BCUT2D eigenvalue weighted by molar-refractivity contribution is -0.121. The molecule has 0 aromatic heterocycles. The molecule has 1 amide bonds. The number of halogens is 1. The quantitative estimate of drug-likeness (QED) is 0.853. The standard InChI is InChI=1S/C18H20FNO2/c1-22-17-5-3-2-4-15(17)12-13-20-18(21)11-8-14-6-9-16(19)10-7-14/h2-7,9-10H,8,11-13H2,1H3,(H,20,21). The number of ether oxygens (including phenoxy) is 1. The molecule has 2 rings (SSSR count). The van der Waals surface area contributed by atoms with Crippen LogP contribution in [0.25, 0.3) is 0 Å². The fraction of sp³-hybridized carbons (Fsp3) is 0.278. The van der Waals surface area contributed by atoms with Crippen LogP contribution in [-0.4, -0.2) is 19.6 Å². The van der Waals surface area contributed by atoms with Gasteiger partial charge in [-0.2, -0.15) is 0 Å². The van der Waals surface area contributed by atoms with Crippen molar-refractivity contribution in [2.45, 2.75) is 19.3 Å². The van der Waals surface area contributed by atoms with Gasteiger partial charge in [0.1, 0.15) is 11.6 Å². The highest BCUT2D eigenvalue weighted by molar-refractivity contribution is 5.76. The van der Waals surface area contributed by atoms with Gasteiger partial charge in [-0.1, -0.05) is 30.3 Å². The molecule has 0 unspecified atom stereocenters. The molecule has 4 heteroatoms. The number of hydrogen-bond donors (Lipinski definition) is 1. The van der Waals surface area contributed by atoms with E-state index in [1.54, 1.807) is 19.2 Å². The molecule has 0 aliphatic rings. The number of para-hydroxylation sites is 1. The zero-order valence-corrected chi connectivity index (χ0v) is 12.6. The van der Waals surface area contributed by atoms with Gasteiger partial charge in [0, 0.05) is 13.0 Å². The molecule has 22 heavy (non-hydrogen) atoms. The van der Waals surface area contributed by atoms with Crippen molar-refractivity contribution < 1.29 is 13.9 Å². The number of methoxy groups -OCH3 is 1. The van der Waals surface area contributed by atoms with Crippen molar-refractivity contribution in [1.29, 1.82) is 0 Å². The number of hydrogen-bond acceptors (Lipinski definition) is 2. The van der Waals surface area contributed by atoms with E-state index in [1.165, 1.54) is 12.1 Å². The SMILES string of the molecule is COc1ccccc1CCNC(=O)CCc1ccc(F)cc1. The lowest BCUT2D eigenvalue weighted by atomic mass is 10.1. The molecule has 0 fully saturated rings. The highest BCUT2D eigenvalue weighted by atomic mass is 19.1. The van der Waals surface area contributed by atoms with E-state index in [0.717, 1.165) is 23.3 Å². The lowest BCUT2D eigenvalue weighted by Gasteiger charge is -2.09. The maximum Gasteiger partial charge on any atom is 0.220 e. The predicted octanol–water partition coefficient (Wildman–Crippen LogP) is 3.13. The van der Waals surface area contributed by atoms with Crippen LogP contribution in [0.5, 0.6) is 5.75 Å². The minimum atomic E-state index is -0.259. The van der Waals surface area contributed by atoms with Gasteiger partial charge in [-0.3, -0.25) is 4.79 Å². The number of benzene rings is 2. The van der Waals surface area contributed by atoms with Crippen molar-refractivity contribution >= 4 is 5.91 Å². The van der Waals surface area contributed by atoms with E-state index in [-0.39, 0.29) is 11.7 Å². The van der Waals surface area contributed by atoms with Crippen LogP contribution in [0, 0.1) is 5.82 Å². The van der Waals surface area contributed by atoms with Crippen molar-refractivity contribution in [1.82, 2.24) is 5.32 Å². The monoisotopic (exact) mass is 301 g/mol. The Kier molecular flexibility index (Phi) is 5.95. The average molecular weight is 301 g/mol. The zero-order chi connectivity index (χ0) is 15.8. The van der Waals surface area contributed by atoms with Gasteiger partial charge in [-0.05, 0) is 42.2 Å². The highest BCUT2D eigenvalue weighted by Crippen LogP contribution is 2.17. The number of nitrogens with one attached hydrogen (secondary N) is 1. The minimum absolute atomic E-state index is 0.000719. The summed E-state index contributed by atoms with van der Waals surface area (Å²) in [5.74, 6) is 0.576. The summed E-state index contributed by atoms with van der Waals surface area (Å²) < 4.78 is 18.1. The predicted molar refractivity (Wildman–Crippen MR) is 84.4 cm³/mol. The Hall–Kier alpha value is -2.36. The van der Waals surface area contributed by atoms with Gasteiger partial charge in [-0.25, -0.2) is 4.39 Å². The van der Waals surface area contributed by atoms with Crippen LogP contribution in [0.3, 0.4) is 0 Å². The largest absolute Gasteiger partial charge is 0.496 e. The van der Waals surface area contributed by atoms with Gasteiger partial charge in [0.15, 0.2) is 0 Å². The van der Waals surface area contributed by atoms with Crippen molar-refractivity contribution in [2.75, 3.05) is 13.7 Å². The molecule has 0 heterocycles. The van der Waals surface area contributed by atoms with Crippen LogP contribution in [0.1, 0.15) is 17.5 Å². The number of carbonyl (C=O) groups excluding carboxylic acids is 1. The summed E-state index contributed by atoms with van der Waals surface area (Å²) in [4.78, 5) is 11.8. The molecule has 0 spiro atoms. The Morgan fingerprint density at radius 1 is 1.09 bits per heavy atom. The van der Waals surface area contributed by atoms with Gasteiger partial charge in [-0.15, -0.1) is 0 Å². The third-order valence-corrected chi connectivity index (χ3v) is 3.46. The summed E-state index contributed by atoms with van der Waals surface area (Å²) in [5.41, 5.74) is 2.03. The molecule has 0 radical (unpaired) electrons. The molecule has 0 saturated carbocycles. The van der Waals surface area contributed by atoms with Crippen molar-refractivity contribution in [3.63, 3.8) is 0 Å². The molecule has 1 N–H and O–H groups in total. The van der Waals surface area contributed by atoms with E-state index in [4.69, 9.17) is 4.74 Å². The number of aryl methyl sites for hydroxylation is 1. The Morgan fingerprint density at radius 3 is 2.55 bits per heavy atom. The summed E-state index contributed by atoms with van der Waals surface area (Å²) in [6, 6.07) is 14.0. The second-order valence-corrected chi connectivity index (χ2v) is 5.04. The first kappa shape index (κ1) is 16.0. The third-order valence-electron chi connectivity index (χ3n) is 3.46. The molecule has 2 aromatic carbocycles. The van der Waals surface area contributed by atoms with Crippen molar-refractivity contribution in [2.24, 2.45) is 0 Å². The first-order valence-corrected chi connectivity index (χ1v) is 7.32. The lowest BCUT2D eigenvalue weighted by Crippen LogP contribution is -2.26. The molecule has 0 aliphatic heterocycles. The molecule has 0 bridgehead atoms. The van der Waals surface area contributed by atoms with Crippen molar-refractivity contribution in [3.05, 3.63) is 65.5 Å². The Labute approximate surface area is 130 Å². The van der Waals surface area contributed by atoms with Crippen LogP contribution < -0.4 is 10.1 Å². The smallest absolute Gasteiger partial charge is 0.220 e. The van der Waals surface area contributed by atoms with E-state index in [2.05, 4.69) is 5.32 Å². The van der Waals surface area contributed by atoms with E-state index < -0.39 is 0 Å². The zero-order valence-electron chi connectivity index (χ0n) is 12.6. The Morgan fingerprint density at radius 2 is 1.82 bits per heavy atom. The summed E-state index contributed by atoms with van der Waals surface area (Å²) in [6.45, 7) is 0.572. The molecule has 116 valence electrons. The molecule has 0 aliphatic carbocycles. The van der Waals surface area contributed by atoms with E-state index in [0.29, 0.717) is 19.4 Å². The van der Waals surface area contributed by atoms with Gasteiger partial charge in [0.2, 0.25) is 5.91 Å². The summed E-state index contributed by atoms with van der Waals surface area (Å²) in [5, 5.41) is 2.90. The summed E-state index contributed by atoms with van der Waals surface area (Å²) >= 11 is 0. The molecular formula is C18H20FNO2. The van der Waals surface area contributed by atoms with Gasteiger partial charge < -0.3 is 10.1 Å². The van der Waals surface area contributed by atoms with Crippen LogP contribution >= 0.6 is 0 Å². The number of amides is 1. The Bertz CT molecular complexity index is 611. The highest BCUT2D eigenvalue weighted by Gasteiger charge is 2.04. The normalized spacial score (nSPS) is 10.3.